The van der Waals surface area contributed by atoms with Gasteiger partial charge in [0.05, 0.1) is 11.7 Å². The number of rotatable bonds is 6. The number of aromatic nitrogens is 2. The normalized spacial score (nSPS) is 15.8. The average Bonchev–Trinajstić information content (AvgIpc) is 3.33. The second kappa shape index (κ2) is 11.1. The molecule has 0 bridgehead atoms. The molecule has 7 nitrogen and oxygen atoms in total. The molecule has 1 fully saturated rings. The number of pyridine rings is 1. The van der Waals surface area contributed by atoms with Gasteiger partial charge in [-0.1, -0.05) is 36.4 Å². The molecular weight excluding hydrogens is 472 g/mol. The fourth-order valence-electron chi connectivity index (χ4n) is 4.29. The SMILES string of the molecule is O=C(c1ccccc1)N1CCC(c2nc(-c3ccncc3)cs2)N(C(=O)COc2ccccc2)CC1. The van der Waals surface area contributed by atoms with E-state index in [0.717, 1.165) is 16.3 Å². The summed E-state index contributed by atoms with van der Waals surface area (Å²) in [7, 11) is 0. The molecule has 36 heavy (non-hydrogen) atoms. The van der Waals surface area contributed by atoms with Crippen molar-refractivity contribution in [2.45, 2.75) is 12.5 Å². The number of carbonyl (C=O) groups excluding carboxylic acids is 2. The molecule has 0 radical (unpaired) electrons. The first-order valence-corrected chi connectivity index (χ1v) is 12.7. The van der Waals surface area contributed by atoms with E-state index in [1.165, 1.54) is 11.3 Å². The molecule has 1 saturated heterocycles. The number of nitrogens with zero attached hydrogens (tertiary/aromatic N) is 4. The number of hydrogen-bond donors (Lipinski definition) is 0. The molecule has 2 aromatic heterocycles. The number of para-hydroxylation sites is 1. The van der Waals surface area contributed by atoms with Gasteiger partial charge in [0.1, 0.15) is 10.8 Å². The van der Waals surface area contributed by atoms with Crippen molar-refractivity contribution in [3.05, 3.63) is 101 Å². The highest BCUT2D eigenvalue weighted by Gasteiger charge is 2.33. The van der Waals surface area contributed by atoms with Gasteiger partial charge in [0.2, 0.25) is 0 Å². The van der Waals surface area contributed by atoms with Crippen LogP contribution in [0.25, 0.3) is 11.3 Å². The fourth-order valence-corrected chi connectivity index (χ4v) is 5.27. The summed E-state index contributed by atoms with van der Waals surface area (Å²) in [4.78, 5) is 39.1. The Hall–Kier alpha value is -4.04. The molecular formula is C28H26N4O3S. The number of thiazole rings is 1. The lowest BCUT2D eigenvalue weighted by Crippen LogP contribution is -2.40. The van der Waals surface area contributed by atoms with Crippen LogP contribution in [-0.4, -0.2) is 57.8 Å². The minimum absolute atomic E-state index is 0.0270. The molecule has 1 aliphatic heterocycles. The Balaban J connectivity index is 1.38. The van der Waals surface area contributed by atoms with Crippen LogP contribution in [0.4, 0.5) is 0 Å². The first-order valence-electron chi connectivity index (χ1n) is 11.9. The highest BCUT2D eigenvalue weighted by Crippen LogP contribution is 2.32. The van der Waals surface area contributed by atoms with Gasteiger partial charge in [0.25, 0.3) is 11.8 Å². The maximum absolute atomic E-state index is 13.4. The minimum atomic E-state index is -0.244. The Kier molecular flexibility index (Phi) is 7.33. The van der Waals surface area contributed by atoms with Crippen LogP contribution in [0.15, 0.2) is 90.6 Å². The van der Waals surface area contributed by atoms with Gasteiger partial charge in [0, 0.05) is 48.5 Å². The van der Waals surface area contributed by atoms with Crippen molar-refractivity contribution in [2.75, 3.05) is 26.2 Å². The molecule has 3 heterocycles. The van der Waals surface area contributed by atoms with E-state index in [9.17, 15) is 9.59 Å². The van der Waals surface area contributed by atoms with Gasteiger partial charge in [-0.05, 0) is 42.8 Å². The zero-order valence-corrected chi connectivity index (χ0v) is 20.5. The summed E-state index contributed by atoms with van der Waals surface area (Å²) >= 11 is 1.53. The molecule has 182 valence electrons. The first kappa shape index (κ1) is 23.7. The molecule has 5 rings (SSSR count). The Bertz CT molecular complexity index is 1300. The monoisotopic (exact) mass is 498 g/mol. The number of benzene rings is 2. The summed E-state index contributed by atoms with van der Waals surface area (Å²) in [5.41, 5.74) is 2.48. The Labute approximate surface area is 214 Å². The lowest BCUT2D eigenvalue weighted by atomic mass is 10.1. The van der Waals surface area contributed by atoms with Crippen LogP contribution in [0.3, 0.4) is 0 Å². The molecule has 0 N–H and O–H groups in total. The van der Waals surface area contributed by atoms with Crippen LogP contribution in [0.2, 0.25) is 0 Å². The third kappa shape index (κ3) is 5.44. The molecule has 0 saturated carbocycles. The second-order valence-corrected chi connectivity index (χ2v) is 9.35. The van der Waals surface area contributed by atoms with E-state index in [1.807, 2.05) is 88.0 Å². The van der Waals surface area contributed by atoms with Crippen LogP contribution in [0, 0.1) is 0 Å². The molecule has 1 aliphatic rings. The van der Waals surface area contributed by atoms with Crippen LogP contribution >= 0.6 is 11.3 Å². The molecule has 1 unspecified atom stereocenters. The van der Waals surface area contributed by atoms with E-state index in [-0.39, 0.29) is 24.5 Å². The van der Waals surface area contributed by atoms with E-state index in [2.05, 4.69) is 4.98 Å². The van der Waals surface area contributed by atoms with E-state index in [1.54, 1.807) is 12.4 Å². The summed E-state index contributed by atoms with van der Waals surface area (Å²) in [5.74, 6) is 0.492. The maximum Gasteiger partial charge on any atom is 0.261 e. The van der Waals surface area contributed by atoms with Gasteiger partial charge in [-0.25, -0.2) is 4.98 Å². The number of carbonyl (C=O) groups is 2. The van der Waals surface area contributed by atoms with E-state index < -0.39 is 0 Å². The highest BCUT2D eigenvalue weighted by atomic mass is 32.1. The van der Waals surface area contributed by atoms with Crippen molar-refractivity contribution < 1.29 is 14.3 Å². The predicted molar refractivity (Wildman–Crippen MR) is 139 cm³/mol. The summed E-state index contributed by atoms with van der Waals surface area (Å²) in [5, 5.41) is 2.86. The van der Waals surface area contributed by atoms with Gasteiger partial charge in [-0.15, -0.1) is 11.3 Å². The van der Waals surface area contributed by atoms with E-state index in [0.29, 0.717) is 37.4 Å². The third-order valence-electron chi connectivity index (χ3n) is 6.18. The topological polar surface area (TPSA) is 75.6 Å². The molecule has 2 amide bonds. The smallest absolute Gasteiger partial charge is 0.261 e. The van der Waals surface area contributed by atoms with Crippen molar-refractivity contribution in [1.82, 2.24) is 19.8 Å². The zero-order valence-electron chi connectivity index (χ0n) is 19.7. The van der Waals surface area contributed by atoms with Crippen LogP contribution in [0.1, 0.15) is 27.8 Å². The number of hydrogen-bond acceptors (Lipinski definition) is 6. The molecule has 2 aromatic carbocycles. The van der Waals surface area contributed by atoms with Crippen LogP contribution in [-0.2, 0) is 4.79 Å². The predicted octanol–water partition coefficient (Wildman–Crippen LogP) is 4.70. The van der Waals surface area contributed by atoms with Crippen molar-refractivity contribution in [3.8, 4) is 17.0 Å². The van der Waals surface area contributed by atoms with Gasteiger partial charge >= 0.3 is 0 Å². The Morgan fingerprint density at radius 2 is 1.64 bits per heavy atom. The summed E-state index contributed by atoms with van der Waals surface area (Å²) in [6.07, 6.45) is 4.08. The van der Waals surface area contributed by atoms with Gasteiger partial charge in [-0.3, -0.25) is 14.6 Å². The number of amides is 2. The van der Waals surface area contributed by atoms with E-state index in [4.69, 9.17) is 9.72 Å². The largest absolute Gasteiger partial charge is 0.484 e. The van der Waals surface area contributed by atoms with Crippen molar-refractivity contribution in [3.63, 3.8) is 0 Å². The van der Waals surface area contributed by atoms with Crippen LogP contribution < -0.4 is 4.74 Å². The molecule has 1 atom stereocenters. The van der Waals surface area contributed by atoms with Gasteiger partial charge < -0.3 is 14.5 Å². The number of ether oxygens (including phenoxy) is 1. The summed E-state index contributed by atoms with van der Waals surface area (Å²) < 4.78 is 5.77. The highest BCUT2D eigenvalue weighted by molar-refractivity contribution is 7.10. The van der Waals surface area contributed by atoms with Crippen LogP contribution in [0.5, 0.6) is 5.75 Å². The third-order valence-corrected chi connectivity index (χ3v) is 7.12. The van der Waals surface area contributed by atoms with Crippen molar-refractivity contribution >= 4 is 23.2 Å². The van der Waals surface area contributed by atoms with Gasteiger partial charge in [-0.2, -0.15) is 0 Å². The van der Waals surface area contributed by atoms with Crippen molar-refractivity contribution in [1.29, 1.82) is 0 Å². The minimum Gasteiger partial charge on any atom is -0.484 e. The zero-order chi connectivity index (χ0) is 24.7. The lowest BCUT2D eigenvalue weighted by Gasteiger charge is -2.28. The van der Waals surface area contributed by atoms with E-state index >= 15 is 0 Å². The fraction of sp³-hybridized carbons (Fsp3) is 0.214. The molecule has 0 spiro atoms. The quantitative estimate of drug-likeness (QED) is 0.385. The average molecular weight is 499 g/mol. The first-order chi connectivity index (χ1) is 17.7. The Morgan fingerprint density at radius 3 is 2.39 bits per heavy atom. The molecule has 0 aliphatic carbocycles. The molecule has 4 aromatic rings. The maximum atomic E-state index is 13.4. The van der Waals surface area contributed by atoms with Crippen molar-refractivity contribution in [2.24, 2.45) is 0 Å². The summed E-state index contributed by atoms with van der Waals surface area (Å²) in [6.45, 7) is 1.32. The second-order valence-electron chi connectivity index (χ2n) is 8.46. The molecule has 8 heteroatoms. The standard InChI is InChI=1S/C28H26N4O3S/c33-26(19-35-23-9-5-2-6-10-23)32-18-17-31(28(34)22-7-3-1-4-8-22)16-13-25(32)27-30-24(20-36-27)21-11-14-29-15-12-21/h1-12,14-15,20,25H,13,16-19H2. The van der Waals surface area contributed by atoms with Gasteiger partial charge in [0.15, 0.2) is 6.61 Å². The summed E-state index contributed by atoms with van der Waals surface area (Å²) in [6, 6.07) is 22.2. The lowest BCUT2D eigenvalue weighted by molar-refractivity contribution is -0.135. The Morgan fingerprint density at radius 1 is 0.917 bits per heavy atom.